The first-order valence-corrected chi connectivity index (χ1v) is 9.11. The minimum atomic E-state index is -2.95. The number of hydrogen-bond acceptors (Lipinski definition) is 4. The highest BCUT2D eigenvalue weighted by Crippen LogP contribution is 2.13. The van der Waals surface area contributed by atoms with Crippen LogP contribution in [0, 0.1) is 5.92 Å². The fourth-order valence-corrected chi connectivity index (χ4v) is 3.42. The van der Waals surface area contributed by atoms with Crippen LogP contribution in [0.3, 0.4) is 0 Å². The molecule has 0 saturated heterocycles. The molecule has 0 aromatic carbocycles. The minimum Gasteiger partial charge on any atom is -0.229 e. The first-order valence-electron chi connectivity index (χ1n) is 4.99. The fourth-order valence-electron chi connectivity index (χ4n) is 1.47. The summed E-state index contributed by atoms with van der Waals surface area (Å²) in [6, 6.07) is 0. The van der Waals surface area contributed by atoms with Crippen LogP contribution in [0.2, 0.25) is 0 Å². The van der Waals surface area contributed by atoms with Crippen LogP contribution in [0.25, 0.3) is 0 Å². The largest absolute Gasteiger partial charge is 0.229 e. The van der Waals surface area contributed by atoms with Crippen LogP contribution in [0.15, 0.2) is 0 Å². The predicted molar refractivity (Wildman–Crippen MR) is 62.4 cm³/mol. The van der Waals surface area contributed by atoms with E-state index in [1.165, 1.54) is 12.5 Å². The van der Waals surface area contributed by atoms with E-state index in [0.717, 1.165) is 6.42 Å². The number of hydrogen-bond donors (Lipinski definition) is 0. The quantitative estimate of drug-likeness (QED) is 0.678. The van der Waals surface area contributed by atoms with Crippen molar-refractivity contribution < 1.29 is 16.8 Å². The van der Waals surface area contributed by atoms with E-state index in [1.807, 2.05) is 6.92 Å². The van der Waals surface area contributed by atoms with Crippen LogP contribution in [0.4, 0.5) is 0 Å². The van der Waals surface area contributed by atoms with Gasteiger partial charge in [0.15, 0.2) is 0 Å². The van der Waals surface area contributed by atoms with Gasteiger partial charge in [-0.2, -0.15) is 0 Å². The zero-order valence-corrected chi connectivity index (χ0v) is 11.2. The molecule has 0 aromatic rings. The maximum atomic E-state index is 11.0. The Bertz CT molecular complexity index is 367. The summed E-state index contributed by atoms with van der Waals surface area (Å²) in [4.78, 5) is 0. The molecule has 0 aliphatic carbocycles. The molecule has 1 atom stereocenters. The molecule has 0 rings (SSSR count). The number of sulfone groups is 2. The molecule has 0 radical (unpaired) electrons. The topological polar surface area (TPSA) is 68.3 Å². The van der Waals surface area contributed by atoms with E-state index in [4.69, 9.17) is 0 Å². The van der Waals surface area contributed by atoms with E-state index >= 15 is 0 Å². The summed E-state index contributed by atoms with van der Waals surface area (Å²) in [6.45, 7) is 1.93. The molecule has 0 bridgehead atoms. The third-order valence-electron chi connectivity index (χ3n) is 2.24. The molecule has 0 amide bonds. The second kappa shape index (κ2) is 5.84. The van der Waals surface area contributed by atoms with Crippen LogP contribution in [-0.4, -0.2) is 40.9 Å². The smallest absolute Gasteiger partial charge is 0.147 e. The molecule has 1 unspecified atom stereocenters. The van der Waals surface area contributed by atoms with Crippen molar-refractivity contribution in [3.8, 4) is 0 Å². The lowest BCUT2D eigenvalue weighted by atomic mass is 10.0. The molecule has 0 spiro atoms. The second-order valence-corrected chi connectivity index (χ2v) is 8.58. The average molecular weight is 256 g/mol. The van der Waals surface area contributed by atoms with Gasteiger partial charge in [-0.05, 0) is 18.8 Å². The lowest BCUT2D eigenvalue weighted by molar-refractivity contribution is 0.498. The molecule has 4 nitrogen and oxygen atoms in total. The van der Waals surface area contributed by atoms with Crippen molar-refractivity contribution in [2.75, 3.05) is 24.0 Å². The SMILES string of the molecule is CCC(CCCS(C)(=O)=O)CS(C)(=O)=O. The van der Waals surface area contributed by atoms with Gasteiger partial charge in [0.1, 0.15) is 19.7 Å². The molecule has 0 heterocycles. The molecule has 15 heavy (non-hydrogen) atoms. The average Bonchev–Trinajstić information content (AvgIpc) is 1.97. The highest BCUT2D eigenvalue weighted by atomic mass is 32.2. The third kappa shape index (κ3) is 10.2. The van der Waals surface area contributed by atoms with Crippen LogP contribution >= 0.6 is 0 Å². The van der Waals surface area contributed by atoms with E-state index in [2.05, 4.69) is 0 Å². The van der Waals surface area contributed by atoms with Crippen molar-refractivity contribution in [3.63, 3.8) is 0 Å². The van der Waals surface area contributed by atoms with E-state index in [0.29, 0.717) is 12.8 Å². The fraction of sp³-hybridized carbons (Fsp3) is 1.00. The van der Waals surface area contributed by atoms with E-state index < -0.39 is 19.7 Å². The van der Waals surface area contributed by atoms with Crippen molar-refractivity contribution in [1.29, 1.82) is 0 Å². The zero-order chi connectivity index (χ0) is 12.1. The van der Waals surface area contributed by atoms with E-state index in [9.17, 15) is 16.8 Å². The molecule has 6 heteroatoms. The van der Waals surface area contributed by atoms with Gasteiger partial charge in [-0.3, -0.25) is 0 Å². The van der Waals surface area contributed by atoms with Crippen molar-refractivity contribution in [2.24, 2.45) is 5.92 Å². The lowest BCUT2D eigenvalue weighted by Gasteiger charge is -2.12. The van der Waals surface area contributed by atoms with Crippen LogP contribution in [0.5, 0.6) is 0 Å². The second-order valence-electron chi connectivity index (χ2n) is 4.14. The standard InChI is InChI=1S/C9H20O4S2/c1-4-9(8-15(3,12)13)6-5-7-14(2,10)11/h9H,4-8H2,1-3H3. The summed E-state index contributed by atoms with van der Waals surface area (Å²) < 4.78 is 43.8. The van der Waals surface area contributed by atoms with Crippen molar-refractivity contribution >= 4 is 19.7 Å². The van der Waals surface area contributed by atoms with Gasteiger partial charge in [-0.15, -0.1) is 0 Å². The Labute approximate surface area is 92.9 Å². The molecule has 0 saturated carbocycles. The molecule has 0 aromatic heterocycles. The van der Waals surface area contributed by atoms with E-state index in [1.54, 1.807) is 0 Å². The Balaban J connectivity index is 4.03. The Hall–Kier alpha value is -0.100. The van der Waals surface area contributed by atoms with Gasteiger partial charge in [-0.1, -0.05) is 13.3 Å². The molecule has 0 aliphatic rings. The van der Waals surface area contributed by atoms with Crippen molar-refractivity contribution in [1.82, 2.24) is 0 Å². The monoisotopic (exact) mass is 256 g/mol. The highest BCUT2D eigenvalue weighted by Gasteiger charge is 2.14. The normalized spacial score (nSPS) is 15.1. The molecular formula is C9H20O4S2. The minimum absolute atomic E-state index is 0.0850. The molecule has 0 fully saturated rings. The summed E-state index contributed by atoms with van der Waals surface area (Å²) >= 11 is 0. The third-order valence-corrected chi connectivity index (χ3v) is 4.35. The van der Waals surface area contributed by atoms with Crippen molar-refractivity contribution in [2.45, 2.75) is 26.2 Å². The first kappa shape index (κ1) is 14.9. The van der Waals surface area contributed by atoms with Gasteiger partial charge in [0.2, 0.25) is 0 Å². The summed E-state index contributed by atoms with van der Waals surface area (Å²) in [7, 11) is -5.87. The molecule has 0 N–H and O–H groups in total. The molecule has 0 aliphatic heterocycles. The Morgan fingerprint density at radius 1 is 1.00 bits per heavy atom. The van der Waals surface area contributed by atoms with Gasteiger partial charge in [-0.25, -0.2) is 16.8 Å². The highest BCUT2D eigenvalue weighted by molar-refractivity contribution is 7.90. The predicted octanol–water partition coefficient (Wildman–Crippen LogP) is 0.882. The zero-order valence-electron chi connectivity index (χ0n) is 9.56. The summed E-state index contributed by atoms with van der Waals surface area (Å²) in [5.74, 6) is 0.391. The summed E-state index contributed by atoms with van der Waals surface area (Å²) in [6.07, 6.45) is 4.40. The maximum absolute atomic E-state index is 11.0. The Kier molecular flexibility index (Phi) is 5.80. The Morgan fingerprint density at radius 2 is 1.53 bits per heavy atom. The summed E-state index contributed by atoms with van der Waals surface area (Å²) in [5.41, 5.74) is 0. The van der Waals surface area contributed by atoms with Gasteiger partial charge < -0.3 is 0 Å². The van der Waals surface area contributed by atoms with Crippen LogP contribution in [0.1, 0.15) is 26.2 Å². The van der Waals surface area contributed by atoms with Gasteiger partial charge in [0.25, 0.3) is 0 Å². The summed E-state index contributed by atoms with van der Waals surface area (Å²) in [5, 5.41) is 0. The maximum Gasteiger partial charge on any atom is 0.147 e. The van der Waals surface area contributed by atoms with Crippen LogP contribution in [-0.2, 0) is 19.7 Å². The molecular weight excluding hydrogens is 236 g/mol. The van der Waals surface area contributed by atoms with Crippen molar-refractivity contribution in [3.05, 3.63) is 0 Å². The van der Waals surface area contributed by atoms with Gasteiger partial charge >= 0.3 is 0 Å². The lowest BCUT2D eigenvalue weighted by Crippen LogP contribution is -2.15. The first-order chi connectivity index (χ1) is 6.64. The van der Waals surface area contributed by atoms with Crippen LogP contribution < -0.4 is 0 Å². The molecule has 92 valence electrons. The van der Waals surface area contributed by atoms with Gasteiger partial charge in [0, 0.05) is 18.3 Å². The van der Waals surface area contributed by atoms with Gasteiger partial charge in [0.05, 0.1) is 5.75 Å². The number of rotatable bonds is 7. The Morgan fingerprint density at radius 3 is 1.87 bits per heavy atom. The van der Waals surface area contributed by atoms with E-state index in [-0.39, 0.29) is 17.4 Å².